The first-order valence-electron chi connectivity index (χ1n) is 8.41. The molecule has 0 spiro atoms. The standard InChI is InChI=1S/C22H21NO/c24-17-21-16-23(21)22(18-10-4-1-5-11-18,19-12-6-2-7-13-19)20-14-8-3-9-15-20/h1-15,21,24H,16-17H2. The maximum Gasteiger partial charge on any atom is 0.0977 e. The molecule has 0 saturated carbocycles. The molecule has 1 fully saturated rings. The first-order chi connectivity index (χ1) is 11.9. The van der Waals surface area contributed by atoms with Crippen LogP contribution in [0.1, 0.15) is 16.7 Å². The second-order valence-electron chi connectivity index (χ2n) is 6.30. The van der Waals surface area contributed by atoms with Gasteiger partial charge in [0.2, 0.25) is 0 Å². The van der Waals surface area contributed by atoms with Crippen LogP contribution in [-0.2, 0) is 5.54 Å². The second kappa shape index (κ2) is 6.23. The minimum absolute atomic E-state index is 0.189. The molecule has 3 aromatic carbocycles. The Morgan fingerprint density at radius 3 is 1.38 bits per heavy atom. The highest BCUT2D eigenvalue weighted by molar-refractivity contribution is 5.51. The zero-order valence-electron chi connectivity index (χ0n) is 13.5. The zero-order valence-corrected chi connectivity index (χ0v) is 13.5. The van der Waals surface area contributed by atoms with Crippen molar-refractivity contribution in [3.05, 3.63) is 108 Å². The number of hydrogen-bond donors (Lipinski definition) is 1. The molecule has 120 valence electrons. The van der Waals surface area contributed by atoms with Crippen LogP contribution in [-0.4, -0.2) is 29.2 Å². The Labute approximate surface area is 143 Å². The van der Waals surface area contributed by atoms with Crippen molar-refractivity contribution in [2.75, 3.05) is 13.2 Å². The maximum absolute atomic E-state index is 9.74. The summed E-state index contributed by atoms with van der Waals surface area (Å²) in [5, 5.41) is 9.74. The summed E-state index contributed by atoms with van der Waals surface area (Å²) in [5.74, 6) is 0. The summed E-state index contributed by atoms with van der Waals surface area (Å²) >= 11 is 0. The summed E-state index contributed by atoms with van der Waals surface area (Å²) in [4.78, 5) is 2.40. The van der Waals surface area contributed by atoms with Crippen LogP contribution in [0.2, 0.25) is 0 Å². The SMILES string of the molecule is OCC1CN1C(c1ccccc1)(c1ccccc1)c1ccccc1. The summed E-state index contributed by atoms with van der Waals surface area (Å²) in [6.07, 6.45) is 0. The Balaban J connectivity index is 2.00. The van der Waals surface area contributed by atoms with E-state index in [1.807, 2.05) is 0 Å². The predicted molar refractivity (Wildman–Crippen MR) is 96.8 cm³/mol. The van der Waals surface area contributed by atoms with Crippen molar-refractivity contribution in [2.24, 2.45) is 0 Å². The Bertz CT molecular complexity index is 689. The lowest BCUT2D eigenvalue weighted by Crippen LogP contribution is -2.39. The molecule has 1 saturated heterocycles. The molecule has 1 aliphatic heterocycles. The van der Waals surface area contributed by atoms with Gasteiger partial charge in [0, 0.05) is 12.6 Å². The van der Waals surface area contributed by atoms with E-state index < -0.39 is 0 Å². The van der Waals surface area contributed by atoms with Gasteiger partial charge in [-0.05, 0) is 16.7 Å². The van der Waals surface area contributed by atoms with E-state index in [-0.39, 0.29) is 18.2 Å². The lowest BCUT2D eigenvalue weighted by molar-refractivity contribution is 0.237. The van der Waals surface area contributed by atoms with Crippen LogP contribution >= 0.6 is 0 Å². The molecule has 2 unspecified atom stereocenters. The van der Waals surface area contributed by atoms with Crippen LogP contribution in [0.25, 0.3) is 0 Å². The van der Waals surface area contributed by atoms with E-state index in [1.54, 1.807) is 0 Å². The van der Waals surface area contributed by atoms with E-state index in [1.165, 1.54) is 16.7 Å². The normalized spacial score (nSPS) is 19.9. The average Bonchev–Trinajstić information content (AvgIpc) is 3.45. The highest BCUT2D eigenvalue weighted by atomic mass is 16.3. The molecule has 4 rings (SSSR count). The highest BCUT2D eigenvalue weighted by Gasteiger charge is 2.52. The summed E-state index contributed by atoms with van der Waals surface area (Å²) < 4.78 is 0. The van der Waals surface area contributed by atoms with Crippen molar-refractivity contribution in [3.63, 3.8) is 0 Å². The van der Waals surface area contributed by atoms with Gasteiger partial charge in [-0.3, -0.25) is 4.90 Å². The first kappa shape index (κ1) is 15.1. The van der Waals surface area contributed by atoms with Crippen molar-refractivity contribution < 1.29 is 5.11 Å². The number of benzene rings is 3. The number of nitrogens with zero attached hydrogens (tertiary/aromatic N) is 1. The van der Waals surface area contributed by atoms with Crippen LogP contribution < -0.4 is 0 Å². The smallest absolute Gasteiger partial charge is 0.0977 e. The summed E-state index contributed by atoms with van der Waals surface area (Å²) in [5.41, 5.74) is 3.34. The topological polar surface area (TPSA) is 23.2 Å². The van der Waals surface area contributed by atoms with Crippen molar-refractivity contribution in [1.82, 2.24) is 4.90 Å². The second-order valence-corrected chi connectivity index (χ2v) is 6.30. The molecule has 0 radical (unpaired) electrons. The van der Waals surface area contributed by atoms with Gasteiger partial charge in [0.25, 0.3) is 0 Å². The van der Waals surface area contributed by atoms with Gasteiger partial charge >= 0.3 is 0 Å². The molecular weight excluding hydrogens is 294 g/mol. The van der Waals surface area contributed by atoms with Gasteiger partial charge in [-0.15, -0.1) is 0 Å². The number of aliphatic hydroxyl groups excluding tert-OH is 1. The summed E-state index contributed by atoms with van der Waals surface area (Å²) in [6.45, 7) is 1.09. The maximum atomic E-state index is 9.74. The van der Waals surface area contributed by atoms with Gasteiger partial charge in [-0.2, -0.15) is 0 Å². The molecule has 0 aliphatic carbocycles. The highest BCUT2D eigenvalue weighted by Crippen LogP contribution is 2.47. The third kappa shape index (κ3) is 2.35. The molecule has 0 aromatic heterocycles. The fraction of sp³-hybridized carbons (Fsp3) is 0.182. The molecule has 1 aliphatic rings. The number of aliphatic hydroxyl groups is 1. The third-order valence-corrected chi connectivity index (χ3v) is 4.93. The van der Waals surface area contributed by atoms with Gasteiger partial charge in [-0.1, -0.05) is 91.0 Å². The quantitative estimate of drug-likeness (QED) is 0.574. The lowest BCUT2D eigenvalue weighted by atomic mass is 9.76. The Morgan fingerprint density at radius 1 is 0.708 bits per heavy atom. The Hall–Kier alpha value is -2.42. The van der Waals surface area contributed by atoms with Gasteiger partial charge in [0.1, 0.15) is 0 Å². The molecule has 3 aromatic rings. The van der Waals surface area contributed by atoms with Gasteiger partial charge in [-0.25, -0.2) is 0 Å². The monoisotopic (exact) mass is 315 g/mol. The van der Waals surface area contributed by atoms with Gasteiger partial charge in [0.05, 0.1) is 12.1 Å². The molecule has 1 heterocycles. The summed E-state index contributed by atoms with van der Waals surface area (Å²) in [6, 6.07) is 32.0. The molecule has 2 nitrogen and oxygen atoms in total. The fourth-order valence-corrected chi connectivity index (χ4v) is 3.78. The van der Waals surface area contributed by atoms with Gasteiger partial charge in [0.15, 0.2) is 0 Å². The molecule has 2 atom stereocenters. The minimum atomic E-state index is -0.364. The molecule has 2 heteroatoms. The van der Waals surface area contributed by atoms with Crippen LogP contribution in [0, 0.1) is 0 Å². The Morgan fingerprint density at radius 2 is 1.08 bits per heavy atom. The van der Waals surface area contributed by atoms with Crippen molar-refractivity contribution in [3.8, 4) is 0 Å². The molecule has 0 amide bonds. The van der Waals surface area contributed by atoms with Crippen molar-refractivity contribution >= 4 is 0 Å². The lowest BCUT2D eigenvalue weighted by Gasteiger charge is -2.38. The largest absolute Gasteiger partial charge is 0.395 e. The molecular formula is C22H21NO. The van der Waals surface area contributed by atoms with E-state index in [0.29, 0.717) is 0 Å². The van der Waals surface area contributed by atoms with Crippen LogP contribution in [0.4, 0.5) is 0 Å². The number of hydrogen-bond acceptors (Lipinski definition) is 2. The van der Waals surface area contributed by atoms with E-state index in [4.69, 9.17) is 0 Å². The van der Waals surface area contributed by atoms with Crippen LogP contribution in [0.3, 0.4) is 0 Å². The number of rotatable bonds is 5. The zero-order chi connectivity index (χ0) is 16.4. The third-order valence-electron chi connectivity index (χ3n) is 4.93. The van der Waals surface area contributed by atoms with E-state index in [2.05, 4.69) is 95.9 Å². The fourth-order valence-electron chi connectivity index (χ4n) is 3.78. The van der Waals surface area contributed by atoms with Crippen LogP contribution in [0.5, 0.6) is 0 Å². The predicted octanol–water partition coefficient (Wildman–Crippen LogP) is 3.66. The van der Waals surface area contributed by atoms with Crippen molar-refractivity contribution in [1.29, 1.82) is 0 Å². The molecule has 1 N–H and O–H groups in total. The first-order valence-corrected chi connectivity index (χ1v) is 8.41. The van der Waals surface area contributed by atoms with Crippen LogP contribution in [0.15, 0.2) is 91.0 Å². The van der Waals surface area contributed by atoms with Crippen molar-refractivity contribution in [2.45, 2.75) is 11.6 Å². The van der Waals surface area contributed by atoms with E-state index in [9.17, 15) is 5.11 Å². The summed E-state index contributed by atoms with van der Waals surface area (Å²) in [7, 11) is 0. The minimum Gasteiger partial charge on any atom is -0.395 e. The molecule has 0 bridgehead atoms. The van der Waals surface area contributed by atoms with Gasteiger partial charge < -0.3 is 5.11 Å². The Kier molecular flexibility index (Phi) is 3.93. The average molecular weight is 315 g/mol. The van der Waals surface area contributed by atoms with E-state index in [0.717, 1.165) is 6.54 Å². The molecule has 24 heavy (non-hydrogen) atoms. The van der Waals surface area contributed by atoms with E-state index >= 15 is 0 Å².